The predicted octanol–water partition coefficient (Wildman–Crippen LogP) is 2.69. The summed E-state index contributed by atoms with van der Waals surface area (Å²) in [5.41, 5.74) is 0.0254. The first kappa shape index (κ1) is 8.96. The molecule has 0 radical (unpaired) electrons. The van der Waals surface area contributed by atoms with Gasteiger partial charge in [0, 0.05) is 12.0 Å². The average molecular weight is 148 g/mol. The van der Waals surface area contributed by atoms with Crippen LogP contribution in [0.15, 0.2) is 4.99 Å². The van der Waals surface area contributed by atoms with Crippen molar-refractivity contribution in [3.8, 4) is 0 Å². The molecule has 0 saturated heterocycles. The van der Waals surface area contributed by atoms with Crippen molar-refractivity contribution in [2.75, 3.05) is 6.54 Å². The molecule has 0 amide bonds. The largest absolute Gasteiger partial charge is 0.277 e. The van der Waals surface area contributed by atoms with Gasteiger partial charge in [-0.1, -0.05) is 32.4 Å². The van der Waals surface area contributed by atoms with Crippen LogP contribution in [0.1, 0.15) is 27.7 Å². The van der Waals surface area contributed by atoms with Crippen molar-refractivity contribution in [3.05, 3.63) is 0 Å². The van der Waals surface area contributed by atoms with Gasteiger partial charge in [-0.05, 0) is 6.92 Å². The molecule has 9 heavy (non-hydrogen) atoms. The summed E-state index contributed by atoms with van der Waals surface area (Å²) in [5.74, 6) is 0. The van der Waals surface area contributed by atoms with Crippen molar-refractivity contribution in [2.45, 2.75) is 27.7 Å². The second kappa shape index (κ2) is 3.21. The molecule has 2 heteroatoms. The first-order chi connectivity index (χ1) is 3.98. The van der Waals surface area contributed by atoms with E-state index < -0.39 is 0 Å². The highest BCUT2D eigenvalue weighted by Crippen LogP contribution is 2.18. The molecule has 0 saturated carbocycles. The molecule has 0 atom stereocenters. The van der Waals surface area contributed by atoms with Gasteiger partial charge in [-0.3, -0.25) is 4.99 Å². The van der Waals surface area contributed by atoms with Gasteiger partial charge < -0.3 is 0 Å². The van der Waals surface area contributed by atoms with Gasteiger partial charge in [0.25, 0.3) is 0 Å². The smallest absolute Gasteiger partial charge is 0.106 e. The SMILES string of the molecule is CCN=C(Cl)C(C)(C)C. The number of aliphatic imine (C=N–C) groups is 1. The monoisotopic (exact) mass is 147 g/mol. The quantitative estimate of drug-likeness (QED) is 0.506. The van der Waals surface area contributed by atoms with Gasteiger partial charge in [-0.25, -0.2) is 0 Å². The van der Waals surface area contributed by atoms with Crippen molar-refractivity contribution in [3.63, 3.8) is 0 Å². The van der Waals surface area contributed by atoms with E-state index in [2.05, 4.69) is 25.8 Å². The lowest BCUT2D eigenvalue weighted by Gasteiger charge is -2.14. The maximum Gasteiger partial charge on any atom is 0.106 e. The van der Waals surface area contributed by atoms with Crippen LogP contribution in [-0.4, -0.2) is 11.7 Å². The summed E-state index contributed by atoms with van der Waals surface area (Å²) < 4.78 is 0. The molecule has 0 fully saturated rings. The van der Waals surface area contributed by atoms with E-state index in [0.29, 0.717) is 5.17 Å². The van der Waals surface area contributed by atoms with Gasteiger partial charge in [-0.15, -0.1) is 0 Å². The summed E-state index contributed by atoms with van der Waals surface area (Å²) in [6, 6.07) is 0. The van der Waals surface area contributed by atoms with Crippen molar-refractivity contribution in [1.29, 1.82) is 0 Å². The summed E-state index contributed by atoms with van der Waals surface area (Å²) in [6.45, 7) is 8.90. The predicted molar refractivity (Wildman–Crippen MR) is 43.3 cm³/mol. The van der Waals surface area contributed by atoms with E-state index in [4.69, 9.17) is 11.6 Å². The Hall–Kier alpha value is -0.0400. The molecule has 0 aromatic carbocycles. The van der Waals surface area contributed by atoms with Crippen LogP contribution in [0.2, 0.25) is 0 Å². The summed E-state index contributed by atoms with van der Waals surface area (Å²) in [5, 5.41) is 0.713. The summed E-state index contributed by atoms with van der Waals surface area (Å²) in [6.07, 6.45) is 0. The molecule has 0 heterocycles. The summed E-state index contributed by atoms with van der Waals surface area (Å²) in [4.78, 5) is 4.08. The molecule has 0 bridgehead atoms. The molecule has 0 aromatic rings. The molecule has 0 rings (SSSR count). The Kier molecular flexibility index (Phi) is 3.20. The van der Waals surface area contributed by atoms with Crippen LogP contribution in [0.25, 0.3) is 0 Å². The third-order valence-electron chi connectivity index (χ3n) is 0.916. The first-order valence-corrected chi connectivity index (χ1v) is 3.56. The fraction of sp³-hybridized carbons (Fsp3) is 0.857. The van der Waals surface area contributed by atoms with E-state index in [1.54, 1.807) is 0 Å². The molecule has 0 aliphatic heterocycles. The topological polar surface area (TPSA) is 12.4 Å². The van der Waals surface area contributed by atoms with Gasteiger partial charge in [0.2, 0.25) is 0 Å². The Labute approximate surface area is 62.1 Å². The Morgan fingerprint density at radius 1 is 1.44 bits per heavy atom. The van der Waals surface area contributed by atoms with E-state index in [0.717, 1.165) is 6.54 Å². The van der Waals surface area contributed by atoms with Crippen LogP contribution in [0.3, 0.4) is 0 Å². The van der Waals surface area contributed by atoms with Gasteiger partial charge in [0.1, 0.15) is 5.17 Å². The lowest BCUT2D eigenvalue weighted by atomic mass is 9.99. The molecule has 54 valence electrons. The maximum absolute atomic E-state index is 5.81. The Balaban J connectivity index is 4.03. The molecular formula is C7H14ClN. The summed E-state index contributed by atoms with van der Waals surface area (Å²) in [7, 11) is 0. The summed E-state index contributed by atoms with van der Waals surface area (Å²) >= 11 is 5.81. The molecule has 0 aliphatic rings. The number of hydrogen-bond acceptors (Lipinski definition) is 1. The fourth-order valence-corrected chi connectivity index (χ4v) is 0.496. The maximum atomic E-state index is 5.81. The number of hydrogen-bond donors (Lipinski definition) is 0. The highest BCUT2D eigenvalue weighted by Gasteiger charge is 2.15. The third-order valence-corrected chi connectivity index (χ3v) is 1.60. The minimum absolute atomic E-state index is 0.0254. The highest BCUT2D eigenvalue weighted by molar-refractivity contribution is 6.66. The number of rotatable bonds is 1. The second-order valence-corrected chi connectivity index (χ2v) is 3.37. The molecule has 0 spiro atoms. The standard InChI is InChI=1S/C7H14ClN/c1-5-9-6(8)7(2,3)4/h5H2,1-4H3. The van der Waals surface area contributed by atoms with Crippen LogP contribution in [-0.2, 0) is 0 Å². The molecule has 0 unspecified atom stereocenters. The third kappa shape index (κ3) is 3.52. The average Bonchev–Trinajstić information content (AvgIpc) is 1.64. The molecule has 0 N–H and O–H groups in total. The van der Waals surface area contributed by atoms with Crippen LogP contribution in [0, 0.1) is 5.41 Å². The van der Waals surface area contributed by atoms with Crippen molar-refractivity contribution in [2.24, 2.45) is 10.4 Å². The fourth-order valence-electron chi connectivity index (χ4n) is 0.376. The zero-order valence-electron chi connectivity index (χ0n) is 6.53. The van der Waals surface area contributed by atoms with Gasteiger partial charge in [-0.2, -0.15) is 0 Å². The molecular weight excluding hydrogens is 134 g/mol. The van der Waals surface area contributed by atoms with Crippen LogP contribution >= 0.6 is 11.6 Å². The number of nitrogens with zero attached hydrogens (tertiary/aromatic N) is 1. The lowest BCUT2D eigenvalue weighted by molar-refractivity contribution is 0.598. The van der Waals surface area contributed by atoms with Crippen LogP contribution in [0.4, 0.5) is 0 Å². The minimum Gasteiger partial charge on any atom is -0.277 e. The molecule has 1 nitrogen and oxygen atoms in total. The van der Waals surface area contributed by atoms with E-state index in [1.807, 2.05) is 6.92 Å². The Morgan fingerprint density at radius 3 is 2.00 bits per heavy atom. The van der Waals surface area contributed by atoms with E-state index in [9.17, 15) is 0 Å². The van der Waals surface area contributed by atoms with E-state index in [1.165, 1.54) is 0 Å². The van der Waals surface area contributed by atoms with Crippen molar-refractivity contribution < 1.29 is 0 Å². The van der Waals surface area contributed by atoms with Gasteiger partial charge in [0.15, 0.2) is 0 Å². The van der Waals surface area contributed by atoms with Gasteiger partial charge in [0.05, 0.1) is 0 Å². The lowest BCUT2D eigenvalue weighted by Crippen LogP contribution is -2.14. The zero-order chi connectivity index (χ0) is 7.49. The second-order valence-electron chi connectivity index (χ2n) is 3.02. The van der Waals surface area contributed by atoms with Crippen LogP contribution < -0.4 is 0 Å². The Bertz CT molecular complexity index is 111. The van der Waals surface area contributed by atoms with Crippen molar-refractivity contribution >= 4 is 16.8 Å². The van der Waals surface area contributed by atoms with E-state index >= 15 is 0 Å². The van der Waals surface area contributed by atoms with E-state index in [-0.39, 0.29) is 5.41 Å². The van der Waals surface area contributed by atoms with Gasteiger partial charge >= 0.3 is 0 Å². The van der Waals surface area contributed by atoms with Crippen molar-refractivity contribution in [1.82, 2.24) is 0 Å². The zero-order valence-corrected chi connectivity index (χ0v) is 7.29. The first-order valence-electron chi connectivity index (χ1n) is 3.19. The number of halogens is 1. The normalized spacial score (nSPS) is 14.1. The molecule has 0 aromatic heterocycles. The van der Waals surface area contributed by atoms with Crippen LogP contribution in [0.5, 0.6) is 0 Å². The minimum atomic E-state index is 0.0254. The Morgan fingerprint density at radius 2 is 1.89 bits per heavy atom. The highest BCUT2D eigenvalue weighted by atomic mass is 35.5. The molecule has 0 aliphatic carbocycles.